The second kappa shape index (κ2) is 6.45. The van der Waals surface area contributed by atoms with E-state index in [2.05, 4.69) is 20.9 Å². The zero-order valence-electron chi connectivity index (χ0n) is 15.3. The minimum atomic E-state index is -0.446. The molecule has 5 rings (SSSR count). The molecule has 3 heterocycles. The molecule has 3 aromatic rings. The maximum atomic E-state index is 12.6. The first-order valence-electron chi connectivity index (χ1n) is 9.44. The molecule has 2 aliphatic rings. The zero-order chi connectivity index (χ0) is 19.1. The first-order valence-corrected chi connectivity index (χ1v) is 9.44. The standard InChI is InChI=1S/C21H21N5O2/c27-18-9-21(11-22-12-21)19(25-18)20(28)23-10-14-5-7-15(8-6-14)26-13-24-16-3-1-2-4-17(16)26/h1-8,13,19,22H,9-12H2,(H,23,28)(H,25,27). The maximum Gasteiger partial charge on any atom is 0.243 e. The number of fused-ring (bicyclic) bond motifs is 1. The van der Waals surface area contributed by atoms with E-state index in [0.29, 0.717) is 26.1 Å². The number of nitrogens with zero attached hydrogens (tertiary/aromatic N) is 2. The first-order chi connectivity index (χ1) is 13.6. The van der Waals surface area contributed by atoms with Gasteiger partial charge in [-0.3, -0.25) is 14.2 Å². The van der Waals surface area contributed by atoms with Crippen molar-refractivity contribution in [1.82, 2.24) is 25.5 Å². The van der Waals surface area contributed by atoms with Crippen LogP contribution < -0.4 is 16.0 Å². The fourth-order valence-electron chi connectivity index (χ4n) is 4.14. The van der Waals surface area contributed by atoms with Crippen LogP contribution in [0.1, 0.15) is 12.0 Å². The summed E-state index contributed by atoms with van der Waals surface area (Å²) in [5, 5.41) is 8.97. The molecule has 3 N–H and O–H groups in total. The number of imidazole rings is 1. The molecule has 1 spiro atoms. The molecule has 28 heavy (non-hydrogen) atoms. The third-order valence-corrected chi connectivity index (χ3v) is 5.78. The first kappa shape index (κ1) is 16.9. The minimum absolute atomic E-state index is 0.0430. The van der Waals surface area contributed by atoms with Gasteiger partial charge in [-0.1, -0.05) is 24.3 Å². The third-order valence-electron chi connectivity index (χ3n) is 5.78. The van der Waals surface area contributed by atoms with E-state index < -0.39 is 6.04 Å². The molecular weight excluding hydrogens is 354 g/mol. The normalized spacial score (nSPS) is 20.1. The molecule has 1 unspecified atom stereocenters. The van der Waals surface area contributed by atoms with Gasteiger partial charge < -0.3 is 16.0 Å². The lowest BCUT2D eigenvalue weighted by atomic mass is 9.74. The van der Waals surface area contributed by atoms with Crippen LogP contribution in [0.25, 0.3) is 16.7 Å². The van der Waals surface area contributed by atoms with Crippen LogP contribution in [-0.4, -0.2) is 40.5 Å². The second-order valence-corrected chi connectivity index (χ2v) is 7.63. The SMILES string of the molecule is O=C1CC2(CNC2)C(C(=O)NCc2ccc(-n3cnc4ccccc43)cc2)N1. The van der Waals surface area contributed by atoms with E-state index in [1.807, 2.05) is 59.4 Å². The lowest BCUT2D eigenvalue weighted by Crippen LogP contribution is -2.63. The van der Waals surface area contributed by atoms with Crippen LogP contribution in [-0.2, 0) is 16.1 Å². The van der Waals surface area contributed by atoms with Gasteiger partial charge in [-0.2, -0.15) is 0 Å². The number of carbonyl (C=O) groups excluding carboxylic acids is 2. The Labute approximate surface area is 162 Å². The average molecular weight is 375 g/mol. The van der Waals surface area contributed by atoms with Gasteiger partial charge in [0.1, 0.15) is 12.4 Å². The van der Waals surface area contributed by atoms with Gasteiger partial charge in [0.05, 0.1) is 11.0 Å². The van der Waals surface area contributed by atoms with Gasteiger partial charge in [0.15, 0.2) is 0 Å². The number of aromatic nitrogens is 2. The summed E-state index contributed by atoms with van der Waals surface area (Å²) in [6.45, 7) is 1.84. The Morgan fingerprint density at radius 3 is 2.71 bits per heavy atom. The highest BCUT2D eigenvalue weighted by atomic mass is 16.2. The summed E-state index contributed by atoms with van der Waals surface area (Å²) in [7, 11) is 0. The predicted octanol–water partition coefficient (Wildman–Crippen LogP) is 1.12. The van der Waals surface area contributed by atoms with Crippen LogP contribution in [0.2, 0.25) is 0 Å². The molecule has 7 nitrogen and oxygen atoms in total. The van der Waals surface area contributed by atoms with Crippen LogP contribution >= 0.6 is 0 Å². The van der Waals surface area contributed by atoms with Crippen molar-refractivity contribution < 1.29 is 9.59 Å². The maximum absolute atomic E-state index is 12.6. The largest absolute Gasteiger partial charge is 0.350 e. The van der Waals surface area contributed by atoms with E-state index >= 15 is 0 Å². The fourth-order valence-corrected chi connectivity index (χ4v) is 4.14. The van der Waals surface area contributed by atoms with Crippen LogP contribution in [0.5, 0.6) is 0 Å². The van der Waals surface area contributed by atoms with E-state index in [0.717, 1.165) is 22.3 Å². The molecule has 2 aromatic carbocycles. The lowest BCUT2D eigenvalue weighted by Gasteiger charge is -2.41. The van der Waals surface area contributed by atoms with Gasteiger partial charge >= 0.3 is 0 Å². The number of para-hydroxylation sites is 2. The summed E-state index contributed by atoms with van der Waals surface area (Å²) >= 11 is 0. The van der Waals surface area contributed by atoms with Crippen molar-refractivity contribution in [3.05, 3.63) is 60.4 Å². The van der Waals surface area contributed by atoms with Crippen molar-refractivity contribution in [3.63, 3.8) is 0 Å². The number of rotatable bonds is 4. The van der Waals surface area contributed by atoms with E-state index in [9.17, 15) is 9.59 Å². The molecule has 0 aliphatic carbocycles. The number of hydrogen-bond acceptors (Lipinski definition) is 4. The summed E-state index contributed by atoms with van der Waals surface area (Å²) in [5.41, 5.74) is 3.78. The van der Waals surface area contributed by atoms with Gasteiger partial charge in [-0.25, -0.2) is 4.98 Å². The minimum Gasteiger partial charge on any atom is -0.350 e. The van der Waals surface area contributed by atoms with Crippen LogP contribution in [0.4, 0.5) is 0 Å². The van der Waals surface area contributed by atoms with Crippen LogP contribution in [0, 0.1) is 5.41 Å². The van der Waals surface area contributed by atoms with Gasteiger partial charge in [-0.05, 0) is 29.8 Å². The van der Waals surface area contributed by atoms with Crippen LogP contribution in [0.3, 0.4) is 0 Å². The predicted molar refractivity (Wildman–Crippen MR) is 105 cm³/mol. The zero-order valence-corrected chi connectivity index (χ0v) is 15.3. The van der Waals surface area contributed by atoms with E-state index in [-0.39, 0.29) is 17.2 Å². The summed E-state index contributed by atoms with van der Waals surface area (Å²) < 4.78 is 2.04. The van der Waals surface area contributed by atoms with Crippen molar-refractivity contribution in [2.24, 2.45) is 5.41 Å². The number of nitrogens with one attached hydrogen (secondary N) is 3. The highest BCUT2D eigenvalue weighted by molar-refractivity contribution is 5.93. The summed E-state index contributed by atoms with van der Waals surface area (Å²) in [5.74, 6) is -0.157. The van der Waals surface area contributed by atoms with Crippen molar-refractivity contribution in [2.45, 2.75) is 19.0 Å². The molecule has 2 saturated heterocycles. The quantitative estimate of drug-likeness (QED) is 0.638. The summed E-state index contributed by atoms with van der Waals surface area (Å²) in [6, 6.07) is 15.6. The molecule has 142 valence electrons. The molecule has 2 fully saturated rings. The van der Waals surface area contributed by atoms with Gasteiger partial charge in [0, 0.05) is 37.2 Å². The van der Waals surface area contributed by atoms with Crippen molar-refractivity contribution in [2.75, 3.05) is 13.1 Å². The molecule has 0 radical (unpaired) electrons. The topological polar surface area (TPSA) is 88.1 Å². The molecule has 0 bridgehead atoms. The second-order valence-electron chi connectivity index (χ2n) is 7.63. The van der Waals surface area contributed by atoms with E-state index in [1.54, 1.807) is 0 Å². The van der Waals surface area contributed by atoms with E-state index in [4.69, 9.17) is 0 Å². The lowest BCUT2D eigenvalue weighted by molar-refractivity contribution is -0.127. The van der Waals surface area contributed by atoms with Gasteiger partial charge in [0.2, 0.25) is 11.8 Å². The molecule has 0 saturated carbocycles. The van der Waals surface area contributed by atoms with Crippen molar-refractivity contribution in [3.8, 4) is 5.69 Å². The molecule has 2 aliphatic heterocycles. The number of carbonyl (C=O) groups is 2. The average Bonchev–Trinajstić information content (AvgIpc) is 3.28. The molecular formula is C21H21N5O2. The monoisotopic (exact) mass is 375 g/mol. The highest BCUT2D eigenvalue weighted by Gasteiger charge is 2.54. The summed E-state index contributed by atoms with van der Waals surface area (Å²) in [6.07, 6.45) is 2.24. The number of amides is 2. The fraction of sp³-hybridized carbons (Fsp3) is 0.286. The Bertz CT molecular complexity index is 1050. The van der Waals surface area contributed by atoms with Crippen molar-refractivity contribution in [1.29, 1.82) is 0 Å². The van der Waals surface area contributed by atoms with Crippen molar-refractivity contribution >= 4 is 22.8 Å². The smallest absolute Gasteiger partial charge is 0.243 e. The van der Waals surface area contributed by atoms with Crippen LogP contribution in [0.15, 0.2) is 54.9 Å². The summed E-state index contributed by atoms with van der Waals surface area (Å²) in [4.78, 5) is 28.8. The Morgan fingerprint density at radius 1 is 1.18 bits per heavy atom. The number of benzene rings is 2. The molecule has 7 heteroatoms. The molecule has 1 aromatic heterocycles. The Kier molecular flexibility index (Phi) is 3.91. The Hall–Kier alpha value is -3.19. The molecule has 1 atom stereocenters. The third kappa shape index (κ3) is 2.75. The Morgan fingerprint density at radius 2 is 1.96 bits per heavy atom. The number of hydrogen-bond donors (Lipinski definition) is 3. The highest BCUT2D eigenvalue weighted by Crippen LogP contribution is 2.35. The molecule has 2 amide bonds. The van der Waals surface area contributed by atoms with Gasteiger partial charge in [-0.15, -0.1) is 0 Å². The Balaban J connectivity index is 1.27. The van der Waals surface area contributed by atoms with E-state index in [1.165, 1.54) is 0 Å². The van der Waals surface area contributed by atoms with Gasteiger partial charge in [0.25, 0.3) is 0 Å².